The fourth-order valence-electron chi connectivity index (χ4n) is 3.14. The predicted octanol–water partition coefficient (Wildman–Crippen LogP) is 3.04. The van der Waals surface area contributed by atoms with Crippen LogP contribution in [0.2, 0.25) is 0 Å². The highest BCUT2D eigenvalue weighted by Crippen LogP contribution is 2.48. The molecule has 1 amide bonds. The first-order valence-electron chi connectivity index (χ1n) is 7.97. The Balaban J connectivity index is 1.82. The molecule has 1 aliphatic heterocycles. The lowest BCUT2D eigenvalue weighted by atomic mass is 9.71. The summed E-state index contributed by atoms with van der Waals surface area (Å²) in [7, 11) is 1.68. The molecule has 0 aromatic heterocycles. The first-order chi connectivity index (χ1) is 10.6. The van der Waals surface area contributed by atoms with Crippen LogP contribution in [-0.2, 0) is 14.3 Å². The first kappa shape index (κ1) is 17.0. The third kappa shape index (κ3) is 4.08. The van der Waals surface area contributed by atoms with Crippen LogP contribution in [0.3, 0.4) is 0 Å². The van der Waals surface area contributed by atoms with Crippen molar-refractivity contribution in [3.05, 3.63) is 35.9 Å². The Morgan fingerprint density at radius 3 is 2.59 bits per heavy atom. The Hall–Kier alpha value is -1.39. The fourth-order valence-corrected chi connectivity index (χ4v) is 3.14. The topological polar surface area (TPSA) is 38.8 Å². The Bertz CT molecular complexity index is 472. The summed E-state index contributed by atoms with van der Waals surface area (Å²) in [6, 6.07) is 10.5. The Morgan fingerprint density at radius 2 is 1.95 bits per heavy atom. The molecular formula is C18H27NO3. The van der Waals surface area contributed by atoms with Gasteiger partial charge in [0.15, 0.2) is 0 Å². The second-order valence-corrected chi connectivity index (χ2v) is 6.53. The van der Waals surface area contributed by atoms with Gasteiger partial charge in [0.1, 0.15) is 0 Å². The highest BCUT2D eigenvalue weighted by Gasteiger charge is 2.48. The van der Waals surface area contributed by atoms with Crippen molar-refractivity contribution in [3.8, 4) is 0 Å². The summed E-state index contributed by atoms with van der Waals surface area (Å²) in [5.74, 6) is 0.180. The molecule has 0 spiro atoms. The van der Waals surface area contributed by atoms with Gasteiger partial charge in [0.25, 0.3) is 0 Å². The van der Waals surface area contributed by atoms with Gasteiger partial charge in [-0.05, 0) is 12.0 Å². The van der Waals surface area contributed by atoms with Crippen LogP contribution in [0.5, 0.6) is 0 Å². The Labute approximate surface area is 133 Å². The molecular weight excluding hydrogens is 278 g/mol. The number of methoxy groups -OCH3 is 1. The van der Waals surface area contributed by atoms with Crippen LogP contribution in [0.15, 0.2) is 30.3 Å². The van der Waals surface area contributed by atoms with Crippen molar-refractivity contribution in [3.63, 3.8) is 0 Å². The molecule has 0 bridgehead atoms. The standard InChI is InChI=1S/C18H27NO3/c1-18(2)14-19(17(18)15-8-5-4-6-9-15)16(20)10-13-22-12-7-11-21-3/h4-6,8-9,17H,7,10-14H2,1-3H3. The minimum absolute atomic E-state index is 0.135. The van der Waals surface area contributed by atoms with E-state index in [9.17, 15) is 4.79 Å². The average Bonchev–Trinajstić information content (AvgIpc) is 2.49. The smallest absolute Gasteiger partial charge is 0.225 e. The molecule has 122 valence electrons. The maximum atomic E-state index is 12.4. The minimum atomic E-state index is 0.135. The number of amides is 1. The van der Waals surface area contributed by atoms with E-state index in [4.69, 9.17) is 9.47 Å². The van der Waals surface area contributed by atoms with E-state index in [1.54, 1.807) is 7.11 Å². The molecule has 1 aliphatic rings. The van der Waals surface area contributed by atoms with E-state index in [1.807, 2.05) is 23.1 Å². The van der Waals surface area contributed by atoms with Crippen LogP contribution < -0.4 is 0 Å². The molecule has 1 aromatic carbocycles. The number of likely N-dealkylation sites (tertiary alicyclic amines) is 1. The van der Waals surface area contributed by atoms with E-state index >= 15 is 0 Å². The van der Waals surface area contributed by atoms with E-state index in [1.165, 1.54) is 5.56 Å². The van der Waals surface area contributed by atoms with Crippen LogP contribution in [0.1, 0.15) is 38.3 Å². The van der Waals surface area contributed by atoms with E-state index in [0.29, 0.717) is 26.2 Å². The van der Waals surface area contributed by atoms with E-state index < -0.39 is 0 Å². The molecule has 0 saturated carbocycles. The minimum Gasteiger partial charge on any atom is -0.385 e. The molecule has 0 N–H and O–H groups in total. The van der Waals surface area contributed by atoms with Gasteiger partial charge in [-0.25, -0.2) is 0 Å². The molecule has 4 heteroatoms. The van der Waals surface area contributed by atoms with Gasteiger partial charge in [-0.1, -0.05) is 44.2 Å². The monoisotopic (exact) mass is 305 g/mol. The molecule has 2 rings (SSSR count). The van der Waals surface area contributed by atoms with E-state index in [2.05, 4.69) is 26.0 Å². The van der Waals surface area contributed by atoms with Crippen LogP contribution in [0.4, 0.5) is 0 Å². The van der Waals surface area contributed by atoms with Crippen molar-refractivity contribution in [1.29, 1.82) is 0 Å². The molecule has 1 aromatic rings. The van der Waals surface area contributed by atoms with Gasteiger partial charge in [0, 0.05) is 32.3 Å². The second kappa shape index (κ2) is 7.75. The molecule has 22 heavy (non-hydrogen) atoms. The third-order valence-electron chi connectivity index (χ3n) is 4.16. The molecule has 1 fully saturated rings. The number of rotatable bonds is 8. The average molecular weight is 305 g/mol. The molecule has 1 saturated heterocycles. The van der Waals surface area contributed by atoms with Gasteiger partial charge in [-0.2, -0.15) is 0 Å². The lowest BCUT2D eigenvalue weighted by molar-refractivity contribution is -0.153. The first-order valence-corrected chi connectivity index (χ1v) is 7.97. The summed E-state index contributed by atoms with van der Waals surface area (Å²) in [5.41, 5.74) is 1.35. The summed E-state index contributed by atoms with van der Waals surface area (Å²) in [6.07, 6.45) is 1.32. The summed E-state index contributed by atoms with van der Waals surface area (Å²) in [4.78, 5) is 14.4. The zero-order chi connectivity index (χ0) is 16.0. The van der Waals surface area contributed by atoms with Gasteiger partial charge in [0.2, 0.25) is 5.91 Å². The van der Waals surface area contributed by atoms with Gasteiger partial charge in [0.05, 0.1) is 19.1 Å². The van der Waals surface area contributed by atoms with Crippen molar-refractivity contribution in [2.45, 2.75) is 32.7 Å². The summed E-state index contributed by atoms with van der Waals surface area (Å²) >= 11 is 0. The molecule has 1 heterocycles. The van der Waals surface area contributed by atoms with E-state index in [0.717, 1.165) is 13.0 Å². The van der Waals surface area contributed by atoms with Crippen molar-refractivity contribution >= 4 is 5.91 Å². The normalized spacial score (nSPS) is 19.8. The molecule has 1 atom stereocenters. The predicted molar refractivity (Wildman–Crippen MR) is 86.6 cm³/mol. The SMILES string of the molecule is COCCCOCCC(=O)N1CC(C)(C)C1c1ccccc1. The number of nitrogens with zero attached hydrogens (tertiary/aromatic N) is 1. The molecule has 1 unspecified atom stereocenters. The number of ether oxygens (including phenoxy) is 2. The van der Waals surface area contributed by atoms with Crippen LogP contribution in [0.25, 0.3) is 0 Å². The number of benzene rings is 1. The highest BCUT2D eigenvalue weighted by atomic mass is 16.5. The van der Waals surface area contributed by atoms with Gasteiger partial charge in [-0.15, -0.1) is 0 Å². The van der Waals surface area contributed by atoms with Crippen molar-refractivity contribution in [1.82, 2.24) is 4.90 Å². The summed E-state index contributed by atoms with van der Waals surface area (Å²) in [5, 5.41) is 0. The quantitative estimate of drug-likeness (QED) is 0.693. The zero-order valence-electron chi connectivity index (χ0n) is 13.9. The van der Waals surface area contributed by atoms with Crippen molar-refractivity contribution in [2.24, 2.45) is 5.41 Å². The lowest BCUT2D eigenvalue weighted by Gasteiger charge is -2.54. The number of hydrogen-bond donors (Lipinski definition) is 0. The lowest BCUT2D eigenvalue weighted by Crippen LogP contribution is -2.57. The maximum absolute atomic E-state index is 12.4. The summed E-state index contributed by atoms with van der Waals surface area (Å²) < 4.78 is 10.5. The summed E-state index contributed by atoms with van der Waals surface area (Å²) in [6.45, 7) is 7.08. The molecule has 0 radical (unpaired) electrons. The van der Waals surface area contributed by atoms with Crippen molar-refractivity contribution < 1.29 is 14.3 Å². The maximum Gasteiger partial charge on any atom is 0.225 e. The van der Waals surface area contributed by atoms with Gasteiger partial charge < -0.3 is 14.4 Å². The fraction of sp³-hybridized carbons (Fsp3) is 0.611. The van der Waals surface area contributed by atoms with Gasteiger partial charge >= 0.3 is 0 Å². The Morgan fingerprint density at radius 1 is 1.23 bits per heavy atom. The zero-order valence-corrected chi connectivity index (χ0v) is 13.9. The Kier molecular flexibility index (Phi) is 5.98. The third-order valence-corrected chi connectivity index (χ3v) is 4.16. The van der Waals surface area contributed by atoms with E-state index in [-0.39, 0.29) is 17.4 Å². The van der Waals surface area contributed by atoms with Crippen LogP contribution >= 0.6 is 0 Å². The van der Waals surface area contributed by atoms with Crippen LogP contribution in [-0.4, -0.2) is 44.3 Å². The second-order valence-electron chi connectivity index (χ2n) is 6.53. The van der Waals surface area contributed by atoms with Crippen molar-refractivity contribution in [2.75, 3.05) is 33.5 Å². The molecule has 0 aliphatic carbocycles. The molecule has 4 nitrogen and oxygen atoms in total. The number of hydrogen-bond acceptors (Lipinski definition) is 3. The highest BCUT2D eigenvalue weighted by molar-refractivity contribution is 5.78. The number of carbonyl (C=O) groups is 1. The van der Waals surface area contributed by atoms with Crippen LogP contribution in [0, 0.1) is 5.41 Å². The largest absolute Gasteiger partial charge is 0.385 e. The van der Waals surface area contributed by atoms with Gasteiger partial charge in [-0.3, -0.25) is 4.79 Å². The number of carbonyl (C=O) groups excluding carboxylic acids is 1.